The molecule has 3 saturated heterocycles. The third kappa shape index (κ3) is 3.71. The zero-order valence-electron chi connectivity index (χ0n) is 16.4. The van der Waals surface area contributed by atoms with E-state index in [9.17, 15) is 9.59 Å². The Bertz CT molecular complexity index is 735. The second kappa shape index (κ2) is 7.75. The lowest BCUT2D eigenvalue weighted by atomic mass is 9.88. The van der Waals surface area contributed by atoms with Gasteiger partial charge in [-0.25, -0.2) is 9.78 Å². The average Bonchev–Trinajstić information content (AvgIpc) is 3.29. The second-order valence-electron chi connectivity index (χ2n) is 8.84. The largest absolute Gasteiger partial charge is 0.370 e. The van der Waals surface area contributed by atoms with Crippen molar-refractivity contribution in [1.82, 2.24) is 14.8 Å². The van der Waals surface area contributed by atoms with Gasteiger partial charge in [0.05, 0.1) is 16.8 Å². The van der Waals surface area contributed by atoms with Crippen molar-refractivity contribution in [3.8, 4) is 0 Å². The quantitative estimate of drug-likeness (QED) is 0.762. The van der Waals surface area contributed by atoms with E-state index >= 15 is 0 Å². The highest BCUT2D eigenvalue weighted by atomic mass is 32.1. The Kier molecular flexibility index (Phi) is 5.13. The first-order valence-corrected chi connectivity index (χ1v) is 11.6. The summed E-state index contributed by atoms with van der Waals surface area (Å²) in [6, 6.07) is 0.156. The molecule has 0 unspecified atom stereocenters. The zero-order valence-corrected chi connectivity index (χ0v) is 17.2. The van der Waals surface area contributed by atoms with Crippen LogP contribution in [0.5, 0.6) is 0 Å². The molecule has 2 atom stereocenters. The van der Waals surface area contributed by atoms with Crippen molar-refractivity contribution in [1.29, 1.82) is 0 Å². The summed E-state index contributed by atoms with van der Waals surface area (Å²) < 4.78 is 5.65. The van der Waals surface area contributed by atoms with Crippen LogP contribution in [0.3, 0.4) is 0 Å². The summed E-state index contributed by atoms with van der Waals surface area (Å²) in [5.74, 6) is 0.998. The van der Waals surface area contributed by atoms with Crippen molar-refractivity contribution in [2.75, 3.05) is 32.8 Å². The van der Waals surface area contributed by atoms with Crippen LogP contribution in [0.25, 0.3) is 0 Å². The van der Waals surface area contributed by atoms with E-state index in [2.05, 4.69) is 0 Å². The Balaban J connectivity index is 1.12. The molecule has 6 nitrogen and oxygen atoms in total. The smallest absolute Gasteiger partial charge is 0.320 e. The van der Waals surface area contributed by atoms with Crippen molar-refractivity contribution in [3.63, 3.8) is 0 Å². The molecule has 0 spiro atoms. The standard InChI is InChI=1S/C21H29N3O3S/c25-16-11-15-12-24(9-6-18(15)27-13-16)21(26)23-7-4-14(5-8-23)10-20-22-17-2-1-3-19(17)28-20/h14-15,18H,1-13H2/t15-,18+/m1/s1. The summed E-state index contributed by atoms with van der Waals surface area (Å²) in [5, 5.41) is 1.30. The number of urea groups is 1. The lowest BCUT2D eigenvalue weighted by Crippen LogP contribution is -2.54. The Morgan fingerprint density at radius 3 is 2.79 bits per heavy atom. The first-order valence-electron chi connectivity index (χ1n) is 10.8. The van der Waals surface area contributed by atoms with Gasteiger partial charge in [0.1, 0.15) is 6.61 Å². The number of hydrogen-bond donors (Lipinski definition) is 0. The van der Waals surface area contributed by atoms with Crippen molar-refractivity contribution in [2.45, 2.75) is 57.5 Å². The number of rotatable bonds is 2. The van der Waals surface area contributed by atoms with Crippen molar-refractivity contribution in [3.05, 3.63) is 15.6 Å². The molecule has 1 aromatic heterocycles. The van der Waals surface area contributed by atoms with Crippen molar-refractivity contribution in [2.24, 2.45) is 11.8 Å². The number of ether oxygens (including phenoxy) is 1. The predicted octanol–water partition coefficient (Wildman–Crippen LogP) is 2.69. The van der Waals surface area contributed by atoms with Crippen LogP contribution in [-0.4, -0.2) is 65.5 Å². The van der Waals surface area contributed by atoms with Gasteiger partial charge in [-0.15, -0.1) is 11.3 Å². The molecule has 5 rings (SSSR count). The number of ketones is 1. The third-order valence-corrected chi connectivity index (χ3v) is 8.05. The Labute approximate surface area is 170 Å². The Hall–Kier alpha value is -1.47. The minimum absolute atomic E-state index is 0.156. The fraction of sp³-hybridized carbons (Fsp3) is 0.762. The normalized spacial score (nSPS) is 28.4. The van der Waals surface area contributed by atoms with Gasteiger partial charge in [-0.2, -0.15) is 0 Å². The number of piperidine rings is 2. The monoisotopic (exact) mass is 403 g/mol. The van der Waals surface area contributed by atoms with Gasteiger partial charge in [0.15, 0.2) is 5.78 Å². The number of thiazole rings is 1. The van der Waals surface area contributed by atoms with Gasteiger partial charge in [0, 0.05) is 49.8 Å². The fourth-order valence-corrected chi connectivity index (χ4v) is 6.53. The summed E-state index contributed by atoms with van der Waals surface area (Å²) in [7, 11) is 0. The summed E-state index contributed by atoms with van der Waals surface area (Å²) in [4.78, 5) is 35.0. The number of likely N-dealkylation sites (tertiary alicyclic amines) is 2. The van der Waals surface area contributed by atoms with E-state index in [0.29, 0.717) is 18.9 Å². The molecule has 0 aromatic carbocycles. The van der Waals surface area contributed by atoms with Crippen LogP contribution in [-0.2, 0) is 28.8 Å². The number of Topliss-reactive ketones (excluding diaryl/α,β-unsaturated/α-hetero) is 1. The molecule has 0 N–H and O–H groups in total. The van der Waals surface area contributed by atoms with E-state index in [0.717, 1.165) is 51.7 Å². The average molecular weight is 404 g/mol. The molecule has 28 heavy (non-hydrogen) atoms. The van der Waals surface area contributed by atoms with Crippen LogP contribution < -0.4 is 0 Å². The van der Waals surface area contributed by atoms with Gasteiger partial charge in [-0.3, -0.25) is 4.79 Å². The molecule has 3 aliphatic heterocycles. The number of amides is 2. The number of fused-ring (bicyclic) bond motifs is 2. The van der Waals surface area contributed by atoms with Crippen LogP contribution in [0, 0.1) is 11.8 Å². The van der Waals surface area contributed by atoms with E-state index in [4.69, 9.17) is 9.72 Å². The molecule has 0 bridgehead atoms. The fourth-order valence-electron chi connectivity index (χ4n) is 5.26. The van der Waals surface area contributed by atoms with Crippen LogP contribution in [0.15, 0.2) is 0 Å². The maximum atomic E-state index is 13.0. The Morgan fingerprint density at radius 1 is 1.14 bits per heavy atom. The maximum Gasteiger partial charge on any atom is 0.320 e. The van der Waals surface area contributed by atoms with Gasteiger partial charge in [-0.1, -0.05) is 0 Å². The minimum atomic E-state index is 0.156. The second-order valence-corrected chi connectivity index (χ2v) is 10.0. The van der Waals surface area contributed by atoms with Crippen LogP contribution in [0.4, 0.5) is 4.79 Å². The van der Waals surface area contributed by atoms with Gasteiger partial charge in [-0.05, 0) is 44.4 Å². The molecule has 7 heteroatoms. The number of nitrogens with zero attached hydrogens (tertiary/aromatic N) is 3. The molecule has 0 radical (unpaired) electrons. The highest BCUT2D eigenvalue weighted by Crippen LogP contribution is 2.32. The minimum Gasteiger partial charge on any atom is -0.370 e. The molecular weight excluding hydrogens is 374 g/mol. The molecule has 1 aliphatic carbocycles. The highest BCUT2D eigenvalue weighted by Gasteiger charge is 2.38. The molecule has 0 saturated carbocycles. The van der Waals surface area contributed by atoms with Crippen LogP contribution in [0.1, 0.15) is 47.7 Å². The molecule has 2 amide bonds. The van der Waals surface area contributed by atoms with E-state index in [1.807, 2.05) is 21.1 Å². The maximum absolute atomic E-state index is 13.0. The molecular formula is C21H29N3O3S. The van der Waals surface area contributed by atoms with Crippen LogP contribution >= 0.6 is 11.3 Å². The highest BCUT2D eigenvalue weighted by molar-refractivity contribution is 7.11. The summed E-state index contributed by atoms with van der Waals surface area (Å²) in [5.41, 5.74) is 1.35. The summed E-state index contributed by atoms with van der Waals surface area (Å²) in [6.45, 7) is 3.35. The van der Waals surface area contributed by atoms with E-state index in [1.54, 1.807) is 0 Å². The van der Waals surface area contributed by atoms with Crippen molar-refractivity contribution >= 4 is 23.2 Å². The van der Waals surface area contributed by atoms with Gasteiger partial charge < -0.3 is 14.5 Å². The molecule has 3 fully saturated rings. The molecule has 152 valence electrons. The first kappa shape index (κ1) is 18.6. The number of hydrogen-bond acceptors (Lipinski definition) is 5. The number of carbonyl (C=O) groups excluding carboxylic acids is 2. The number of aromatic nitrogens is 1. The SMILES string of the molecule is O=C1CO[C@H]2CCN(C(=O)N3CCC(Cc4nc5c(s4)CCC5)CC3)C[C@H]2C1. The third-order valence-electron chi connectivity index (χ3n) is 6.87. The number of aryl methyl sites for hydroxylation is 2. The van der Waals surface area contributed by atoms with Gasteiger partial charge in [0.25, 0.3) is 0 Å². The molecule has 1 aromatic rings. The van der Waals surface area contributed by atoms with Crippen LogP contribution in [0.2, 0.25) is 0 Å². The summed E-state index contributed by atoms with van der Waals surface area (Å²) in [6.07, 6.45) is 8.44. The van der Waals surface area contributed by atoms with E-state index in [-0.39, 0.29) is 30.4 Å². The van der Waals surface area contributed by atoms with E-state index < -0.39 is 0 Å². The Morgan fingerprint density at radius 2 is 1.96 bits per heavy atom. The molecule has 4 aliphatic rings. The first-order chi connectivity index (χ1) is 13.7. The predicted molar refractivity (Wildman–Crippen MR) is 107 cm³/mol. The zero-order chi connectivity index (χ0) is 19.1. The lowest BCUT2D eigenvalue weighted by Gasteiger charge is -2.43. The lowest BCUT2D eigenvalue weighted by molar-refractivity contribution is -0.140. The van der Waals surface area contributed by atoms with E-state index in [1.165, 1.54) is 28.4 Å². The van der Waals surface area contributed by atoms with Gasteiger partial charge in [0.2, 0.25) is 0 Å². The van der Waals surface area contributed by atoms with Gasteiger partial charge >= 0.3 is 6.03 Å². The molecule has 4 heterocycles. The number of carbonyl (C=O) groups is 2. The summed E-state index contributed by atoms with van der Waals surface area (Å²) >= 11 is 1.92. The van der Waals surface area contributed by atoms with Crippen molar-refractivity contribution < 1.29 is 14.3 Å². The topological polar surface area (TPSA) is 62.7 Å².